The third-order valence-corrected chi connectivity index (χ3v) is 9.51. The summed E-state index contributed by atoms with van der Waals surface area (Å²) in [5.74, 6) is -0.493. The second-order valence-corrected chi connectivity index (χ2v) is 14.0. The summed E-state index contributed by atoms with van der Waals surface area (Å²) in [5.41, 5.74) is -1.40. The van der Waals surface area contributed by atoms with E-state index < -0.39 is 55.6 Å². The van der Waals surface area contributed by atoms with E-state index in [1.54, 1.807) is 13.8 Å². The van der Waals surface area contributed by atoms with E-state index in [1.165, 1.54) is 17.0 Å². The topological polar surface area (TPSA) is 163 Å². The fourth-order valence-corrected chi connectivity index (χ4v) is 6.72. The van der Waals surface area contributed by atoms with Gasteiger partial charge < -0.3 is 15.7 Å². The summed E-state index contributed by atoms with van der Waals surface area (Å²) >= 11 is 0. The number of halogens is 6. The van der Waals surface area contributed by atoms with Crippen LogP contribution in [0.15, 0.2) is 35.6 Å². The molecule has 1 atom stereocenters. The summed E-state index contributed by atoms with van der Waals surface area (Å²) in [6, 6.07) is 1.47. The predicted octanol–water partition coefficient (Wildman–Crippen LogP) is 1.56. The lowest BCUT2D eigenvalue weighted by atomic mass is 9.95. The Morgan fingerprint density at radius 3 is 2.02 bits per heavy atom. The number of nitrogens with two attached hydrogens (primary N) is 1. The highest BCUT2D eigenvalue weighted by atomic mass is 32.2. The first-order valence-electron chi connectivity index (χ1n) is 12.2. The fraction of sp³-hybridized carbons (Fsp3) is 0.591. The molecule has 0 aliphatic carbocycles. The predicted molar refractivity (Wildman–Crippen MR) is 138 cm³/mol. The van der Waals surface area contributed by atoms with Crippen LogP contribution < -0.4 is 10.6 Å². The summed E-state index contributed by atoms with van der Waals surface area (Å²) in [6.07, 6.45) is -9.97. The van der Waals surface area contributed by atoms with E-state index >= 15 is 0 Å². The number of aromatic nitrogens is 3. The Balaban J connectivity index is 2.03. The molecule has 0 bridgehead atoms. The summed E-state index contributed by atoms with van der Waals surface area (Å²) in [7, 11) is -8.02. The Bertz CT molecular complexity index is 1440. The molecule has 0 radical (unpaired) electrons. The van der Waals surface area contributed by atoms with Crippen molar-refractivity contribution in [1.82, 2.24) is 23.6 Å². The largest absolute Gasteiger partial charge is 0.430 e. The van der Waals surface area contributed by atoms with Crippen molar-refractivity contribution < 1.29 is 48.3 Å². The highest BCUT2D eigenvalue weighted by Gasteiger charge is 2.71. The first kappa shape index (κ1) is 33.7. The third-order valence-electron chi connectivity index (χ3n) is 6.43. The molecule has 2 aromatic heterocycles. The number of aliphatic hydroxyl groups is 1. The van der Waals surface area contributed by atoms with Crippen LogP contribution in [-0.2, 0) is 25.6 Å². The maximum atomic E-state index is 13.3. The zero-order chi connectivity index (χ0) is 31.9. The first-order chi connectivity index (χ1) is 19.1. The maximum absolute atomic E-state index is 13.3. The van der Waals surface area contributed by atoms with Crippen molar-refractivity contribution in [3.63, 3.8) is 0 Å². The van der Waals surface area contributed by atoms with Gasteiger partial charge in [-0.15, -0.1) is 0 Å². The Morgan fingerprint density at radius 2 is 1.57 bits per heavy atom. The monoisotopic (exact) mass is 649 g/mol. The van der Waals surface area contributed by atoms with E-state index in [0.717, 1.165) is 21.1 Å². The van der Waals surface area contributed by atoms with Gasteiger partial charge in [-0.1, -0.05) is 13.8 Å². The second kappa shape index (κ2) is 11.7. The molecule has 0 aromatic carbocycles. The number of nitrogens with zero attached hydrogens (tertiary/aromatic N) is 6. The minimum Gasteiger partial charge on any atom is -0.384 e. The van der Waals surface area contributed by atoms with Crippen molar-refractivity contribution in [3.8, 4) is 0 Å². The van der Waals surface area contributed by atoms with Crippen LogP contribution >= 0.6 is 0 Å². The van der Waals surface area contributed by atoms with Gasteiger partial charge >= 0.3 is 12.4 Å². The zero-order valence-electron chi connectivity index (χ0n) is 22.5. The van der Waals surface area contributed by atoms with E-state index in [0.29, 0.717) is 0 Å². The van der Waals surface area contributed by atoms with Crippen LogP contribution in [0, 0.1) is 5.92 Å². The summed E-state index contributed by atoms with van der Waals surface area (Å²) < 4.78 is 134. The molecule has 1 saturated heterocycles. The molecule has 12 nitrogen and oxygen atoms in total. The number of nitrogen functional groups attached to an aromatic ring is 1. The molecule has 3 N–H and O–H groups in total. The van der Waals surface area contributed by atoms with Gasteiger partial charge in [-0.2, -0.15) is 35.0 Å². The number of hydrogen-bond acceptors (Lipinski definition) is 10. The van der Waals surface area contributed by atoms with Crippen molar-refractivity contribution >= 4 is 31.8 Å². The number of alkyl halides is 6. The van der Waals surface area contributed by atoms with Crippen LogP contribution in [0.25, 0.3) is 0 Å². The SMILES string of the molecule is CC(C)CN(CC1CN(S(=O)(=O)c2ccc(N)nc2)CCN1c1ncc(C(O)(C(F)(F)F)C(F)(F)F)cn1)S(C)(=O)=O. The van der Waals surface area contributed by atoms with Crippen LogP contribution in [0.5, 0.6) is 0 Å². The fourth-order valence-electron chi connectivity index (χ4n) is 4.29. The lowest BCUT2D eigenvalue weighted by Crippen LogP contribution is -2.59. The molecule has 1 unspecified atom stereocenters. The highest BCUT2D eigenvalue weighted by Crippen LogP contribution is 2.49. The van der Waals surface area contributed by atoms with E-state index in [-0.39, 0.29) is 61.7 Å². The van der Waals surface area contributed by atoms with Crippen molar-refractivity contribution in [1.29, 1.82) is 0 Å². The smallest absolute Gasteiger partial charge is 0.384 e. The number of hydrogen-bond donors (Lipinski definition) is 2. The molecule has 0 saturated carbocycles. The van der Waals surface area contributed by atoms with Crippen molar-refractivity contribution in [3.05, 3.63) is 36.3 Å². The van der Waals surface area contributed by atoms with E-state index in [2.05, 4.69) is 15.0 Å². The second-order valence-electron chi connectivity index (χ2n) is 10.1. The zero-order valence-corrected chi connectivity index (χ0v) is 24.1. The Hall–Kier alpha value is -2.81. The number of rotatable bonds is 9. The molecule has 20 heteroatoms. The molecule has 1 aliphatic rings. The van der Waals surface area contributed by atoms with Gasteiger partial charge in [0, 0.05) is 56.9 Å². The van der Waals surface area contributed by atoms with Gasteiger partial charge in [0.1, 0.15) is 10.7 Å². The molecule has 3 heterocycles. The van der Waals surface area contributed by atoms with E-state index in [1.807, 2.05) is 0 Å². The number of piperazine rings is 1. The number of pyridine rings is 1. The highest BCUT2D eigenvalue weighted by molar-refractivity contribution is 7.89. The number of anilines is 2. The Kier molecular flexibility index (Phi) is 9.39. The van der Waals surface area contributed by atoms with Crippen LogP contribution in [0.3, 0.4) is 0 Å². The first-order valence-corrected chi connectivity index (χ1v) is 15.5. The Labute approximate surface area is 238 Å². The summed E-state index contributed by atoms with van der Waals surface area (Å²) in [6.45, 7) is 2.40. The van der Waals surface area contributed by atoms with Gasteiger partial charge in [0.2, 0.25) is 26.0 Å². The van der Waals surface area contributed by atoms with E-state index in [9.17, 15) is 48.3 Å². The van der Waals surface area contributed by atoms with Crippen LogP contribution in [0.4, 0.5) is 38.1 Å². The molecule has 2 aromatic rings. The molecule has 42 heavy (non-hydrogen) atoms. The molecule has 236 valence electrons. The van der Waals surface area contributed by atoms with Crippen LogP contribution in [-0.4, -0.2) is 103 Å². The lowest BCUT2D eigenvalue weighted by molar-refractivity contribution is -0.376. The Morgan fingerprint density at radius 1 is 1.00 bits per heavy atom. The molecule has 3 rings (SSSR count). The van der Waals surface area contributed by atoms with Crippen LogP contribution in [0.2, 0.25) is 0 Å². The minimum absolute atomic E-state index is 0.0296. The van der Waals surface area contributed by atoms with Crippen molar-refractivity contribution in [2.75, 3.05) is 49.6 Å². The summed E-state index contributed by atoms with van der Waals surface area (Å²) in [4.78, 5) is 12.1. The van der Waals surface area contributed by atoms with Crippen molar-refractivity contribution in [2.24, 2.45) is 5.92 Å². The van der Waals surface area contributed by atoms with Gasteiger partial charge in [-0.3, -0.25) is 0 Å². The standard InChI is InChI=1S/C22H29F6N7O5S2/c1-14(2)11-34(41(3,37)38)13-16-12-33(42(39,40)17-4-5-18(29)30-10-17)6-7-35(16)19-31-8-15(9-32-19)20(36,21(23,24)25)22(26,27)28/h4-5,8-10,14,16,36H,6-7,11-13H2,1-3H3,(H2,29,30). The van der Waals surface area contributed by atoms with Gasteiger partial charge in [-0.05, 0) is 18.1 Å². The third kappa shape index (κ3) is 6.87. The van der Waals surface area contributed by atoms with Gasteiger partial charge in [0.15, 0.2) is 0 Å². The van der Waals surface area contributed by atoms with Gasteiger partial charge in [-0.25, -0.2) is 31.8 Å². The average molecular weight is 650 g/mol. The van der Waals surface area contributed by atoms with Gasteiger partial charge in [0.25, 0.3) is 5.60 Å². The average Bonchev–Trinajstić information content (AvgIpc) is 2.86. The van der Waals surface area contributed by atoms with E-state index in [4.69, 9.17) is 5.73 Å². The maximum Gasteiger partial charge on any atom is 0.430 e. The minimum atomic E-state index is -6.15. The molecule has 1 fully saturated rings. The molecule has 0 amide bonds. The molecular formula is C22H29F6N7O5S2. The lowest BCUT2D eigenvalue weighted by Gasteiger charge is -2.42. The van der Waals surface area contributed by atoms with Crippen molar-refractivity contribution in [2.45, 2.75) is 42.7 Å². The molecule has 1 aliphatic heterocycles. The normalized spacial score (nSPS) is 18.2. The number of sulfonamides is 2. The quantitative estimate of drug-likeness (QED) is 0.381. The summed E-state index contributed by atoms with van der Waals surface area (Å²) in [5, 5.41) is 9.65. The van der Waals surface area contributed by atoms with Gasteiger partial charge in [0.05, 0.1) is 12.3 Å². The molecular weight excluding hydrogens is 620 g/mol. The van der Waals surface area contributed by atoms with Crippen LogP contribution in [0.1, 0.15) is 19.4 Å². The molecule has 0 spiro atoms.